The van der Waals surface area contributed by atoms with Crippen LogP contribution in [0.5, 0.6) is 0 Å². The number of carbonyl (C=O) groups is 1. The number of nitrogens with zero attached hydrogens (tertiary/aromatic N) is 2. The van der Waals surface area contributed by atoms with Gasteiger partial charge in [-0.2, -0.15) is 0 Å². The first-order chi connectivity index (χ1) is 7.09. The number of amides is 1. The van der Waals surface area contributed by atoms with Gasteiger partial charge in [-0.05, 0) is 13.8 Å². The maximum atomic E-state index is 12.1. The van der Waals surface area contributed by atoms with Gasteiger partial charge in [-0.15, -0.1) is 11.3 Å². The van der Waals surface area contributed by atoms with Crippen molar-refractivity contribution >= 4 is 17.2 Å². The van der Waals surface area contributed by atoms with Crippen LogP contribution in [0.15, 0.2) is 0 Å². The number of carbonyl (C=O) groups excluding carboxylic acids is 1. The average Bonchev–Trinajstić information content (AvgIpc) is 2.41. The summed E-state index contributed by atoms with van der Waals surface area (Å²) in [6, 6.07) is 0.347. The third kappa shape index (κ3) is 1.89. The molecule has 1 N–H and O–H groups in total. The minimum absolute atomic E-state index is 0.101. The second kappa shape index (κ2) is 3.90. The summed E-state index contributed by atoms with van der Waals surface area (Å²) >= 11 is 1.48. The first-order valence-corrected chi connectivity index (χ1v) is 5.83. The van der Waals surface area contributed by atoms with E-state index in [4.69, 9.17) is 0 Å². The van der Waals surface area contributed by atoms with E-state index in [2.05, 4.69) is 10.3 Å². The number of hydrogen-bond donors (Lipinski definition) is 1. The van der Waals surface area contributed by atoms with Crippen molar-refractivity contribution in [1.82, 2.24) is 15.2 Å². The van der Waals surface area contributed by atoms with Gasteiger partial charge in [0.15, 0.2) is 0 Å². The third-order valence-electron chi connectivity index (χ3n) is 2.73. The van der Waals surface area contributed by atoms with E-state index in [1.807, 2.05) is 25.8 Å². The lowest BCUT2D eigenvalue weighted by molar-refractivity contribution is 0.0685. The van der Waals surface area contributed by atoms with Crippen LogP contribution in [0.25, 0.3) is 0 Å². The standard InChI is InChI=1S/C10H15N3OS/c1-6-9(15-7(2)12-6)10(14)13(3)8-4-11-5-8/h8,11H,4-5H2,1-3H3. The number of hydrogen-bond acceptors (Lipinski definition) is 4. The summed E-state index contributed by atoms with van der Waals surface area (Å²) in [5.41, 5.74) is 0.849. The van der Waals surface area contributed by atoms with Gasteiger partial charge in [0.25, 0.3) is 5.91 Å². The van der Waals surface area contributed by atoms with Gasteiger partial charge in [0.2, 0.25) is 0 Å². The van der Waals surface area contributed by atoms with E-state index in [0.717, 1.165) is 28.7 Å². The molecular weight excluding hydrogens is 210 g/mol. The van der Waals surface area contributed by atoms with Gasteiger partial charge in [-0.3, -0.25) is 4.79 Å². The molecule has 1 aromatic rings. The van der Waals surface area contributed by atoms with Crippen molar-refractivity contribution in [3.63, 3.8) is 0 Å². The molecule has 0 saturated carbocycles. The van der Waals surface area contributed by atoms with E-state index in [1.165, 1.54) is 11.3 Å². The molecule has 0 aromatic carbocycles. The summed E-state index contributed by atoms with van der Waals surface area (Å²) in [6.45, 7) is 5.63. The summed E-state index contributed by atoms with van der Waals surface area (Å²) < 4.78 is 0. The third-order valence-corrected chi connectivity index (χ3v) is 3.79. The molecular formula is C10H15N3OS. The van der Waals surface area contributed by atoms with Gasteiger partial charge in [-0.1, -0.05) is 0 Å². The van der Waals surface area contributed by atoms with Crippen molar-refractivity contribution in [3.05, 3.63) is 15.6 Å². The van der Waals surface area contributed by atoms with Crippen molar-refractivity contribution in [2.24, 2.45) is 0 Å². The van der Waals surface area contributed by atoms with E-state index >= 15 is 0 Å². The molecule has 0 bridgehead atoms. The summed E-state index contributed by atoms with van der Waals surface area (Å²) in [7, 11) is 1.86. The Morgan fingerprint density at radius 1 is 1.53 bits per heavy atom. The maximum Gasteiger partial charge on any atom is 0.265 e. The number of nitrogens with one attached hydrogen (secondary N) is 1. The molecule has 1 amide bonds. The summed E-state index contributed by atoms with van der Waals surface area (Å²) in [5, 5.41) is 4.12. The van der Waals surface area contributed by atoms with Gasteiger partial charge >= 0.3 is 0 Å². The summed E-state index contributed by atoms with van der Waals surface area (Å²) in [5.74, 6) is 0.101. The molecule has 0 unspecified atom stereocenters. The highest BCUT2D eigenvalue weighted by Gasteiger charge is 2.27. The van der Waals surface area contributed by atoms with Crippen LogP contribution in [0.4, 0.5) is 0 Å². The average molecular weight is 225 g/mol. The lowest BCUT2D eigenvalue weighted by Gasteiger charge is -2.35. The number of aryl methyl sites for hydroxylation is 2. The van der Waals surface area contributed by atoms with Gasteiger partial charge in [0, 0.05) is 20.1 Å². The van der Waals surface area contributed by atoms with Crippen molar-refractivity contribution in [2.75, 3.05) is 20.1 Å². The second-order valence-corrected chi connectivity index (χ2v) is 5.08. The Labute approximate surface area is 93.3 Å². The second-order valence-electron chi connectivity index (χ2n) is 3.88. The van der Waals surface area contributed by atoms with Gasteiger partial charge in [0.05, 0.1) is 16.7 Å². The molecule has 1 fully saturated rings. The van der Waals surface area contributed by atoms with Crippen LogP contribution in [0.1, 0.15) is 20.4 Å². The minimum Gasteiger partial charge on any atom is -0.335 e. The monoisotopic (exact) mass is 225 g/mol. The Hall–Kier alpha value is -0.940. The molecule has 0 atom stereocenters. The van der Waals surface area contributed by atoms with Crippen LogP contribution in [-0.2, 0) is 0 Å². The molecule has 2 heterocycles. The first kappa shape index (κ1) is 10.6. The number of likely N-dealkylation sites (N-methyl/N-ethyl adjacent to an activating group) is 1. The maximum absolute atomic E-state index is 12.1. The smallest absolute Gasteiger partial charge is 0.265 e. The molecule has 82 valence electrons. The predicted octanol–water partition coefficient (Wildman–Crippen LogP) is 0.804. The number of aromatic nitrogens is 1. The fourth-order valence-electron chi connectivity index (χ4n) is 1.60. The van der Waals surface area contributed by atoms with E-state index in [-0.39, 0.29) is 5.91 Å². The zero-order chi connectivity index (χ0) is 11.0. The van der Waals surface area contributed by atoms with Crippen molar-refractivity contribution in [3.8, 4) is 0 Å². The topological polar surface area (TPSA) is 45.2 Å². The van der Waals surface area contributed by atoms with Crippen LogP contribution in [0.3, 0.4) is 0 Å². The highest BCUT2D eigenvalue weighted by Crippen LogP contribution is 2.20. The van der Waals surface area contributed by atoms with Crippen molar-refractivity contribution < 1.29 is 4.79 Å². The fourth-order valence-corrected chi connectivity index (χ4v) is 2.51. The zero-order valence-corrected chi connectivity index (χ0v) is 10.0. The normalized spacial score (nSPS) is 16.2. The molecule has 1 saturated heterocycles. The Morgan fingerprint density at radius 2 is 2.20 bits per heavy atom. The molecule has 1 aliphatic heterocycles. The van der Waals surface area contributed by atoms with E-state index in [1.54, 1.807) is 0 Å². The number of rotatable bonds is 2. The highest BCUT2D eigenvalue weighted by molar-refractivity contribution is 7.13. The molecule has 1 aromatic heterocycles. The van der Waals surface area contributed by atoms with Crippen molar-refractivity contribution in [2.45, 2.75) is 19.9 Å². The van der Waals surface area contributed by atoms with Gasteiger partial charge < -0.3 is 10.2 Å². The van der Waals surface area contributed by atoms with Crippen LogP contribution < -0.4 is 5.32 Å². The van der Waals surface area contributed by atoms with Crippen LogP contribution >= 0.6 is 11.3 Å². The zero-order valence-electron chi connectivity index (χ0n) is 9.20. The molecule has 2 rings (SSSR count). The largest absolute Gasteiger partial charge is 0.335 e. The fraction of sp³-hybridized carbons (Fsp3) is 0.600. The first-order valence-electron chi connectivity index (χ1n) is 5.01. The SMILES string of the molecule is Cc1nc(C)c(C(=O)N(C)C2CNC2)s1. The quantitative estimate of drug-likeness (QED) is 0.810. The molecule has 15 heavy (non-hydrogen) atoms. The Balaban J connectivity index is 2.15. The summed E-state index contributed by atoms with van der Waals surface area (Å²) in [4.78, 5) is 19.0. The highest BCUT2D eigenvalue weighted by atomic mass is 32.1. The van der Waals surface area contributed by atoms with E-state index in [9.17, 15) is 4.79 Å². The van der Waals surface area contributed by atoms with Crippen molar-refractivity contribution in [1.29, 1.82) is 0 Å². The van der Waals surface area contributed by atoms with Gasteiger partial charge in [-0.25, -0.2) is 4.98 Å². The predicted molar refractivity (Wildman–Crippen MR) is 60.3 cm³/mol. The molecule has 1 aliphatic rings. The summed E-state index contributed by atoms with van der Waals surface area (Å²) in [6.07, 6.45) is 0. The Morgan fingerprint density at radius 3 is 2.60 bits per heavy atom. The molecule has 0 spiro atoms. The lowest BCUT2D eigenvalue weighted by atomic mass is 10.1. The Kier molecular flexibility index (Phi) is 2.75. The van der Waals surface area contributed by atoms with E-state index < -0.39 is 0 Å². The van der Waals surface area contributed by atoms with Crippen LogP contribution in [-0.4, -0.2) is 42.0 Å². The van der Waals surface area contributed by atoms with E-state index in [0.29, 0.717) is 6.04 Å². The molecule has 5 heteroatoms. The number of thiazole rings is 1. The van der Waals surface area contributed by atoms with Crippen LogP contribution in [0, 0.1) is 13.8 Å². The Bertz CT molecular complexity index is 384. The molecule has 0 radical (unpaired) electrons. The van der Waals surface area contributed by atoms with Gasteiger partial charge in [0.1, 0.15) is 4.88 Å². The lowest BCUT2D eigenvalue weighted by Crippen LogP contribution is -2.57. The minimum atomic E-state index is 0.101. The van der Waals surface area contributed by atoms with Crippen LogP contribution in [0.2, 0.25) is 0 Å². The molecule has 0 aliphatic carbocycles. The molecule has 4 nitrogen and oxygen atoms in total.